The van der Waals surface area contributed by atoms with Crippen molar-refractivity contribution in [2.75, 3.05) is 30.4 Å². The predicted molar refractivity (Wildman–Crippen MR) is 109 cm³/mol. The van der Waals surface area contributed by atoms with Crippen LogP contribution in [0.2, 0.25) is 0 Å². The van der Waals surface area contributed by atoms with Crippen LogP contribution >= 0.6 is 0 Å². The molecule has 7 heteroatoms. The lowest BCUT2D eigenvalue weighted by Gasteiger charge is -2.28. The summed E-state index contributed by atoms with van der Waals surface area (Å²) in [5.74, 6) is -1.89. The Kier molecular flexibility index (Phi) is 6.69. The smallest absolute Gasteiger partial charge is 0.339 e. The number of anilines is 2. The third-order valence-corrected chi connectivity index (χ3v) is 4.90. The summed E-state index contributed by atoms with van der Waals surface area (Å²) < 4.78 is 23.7. The van der Waals surface area contributed by atoms with Gasteiger partial charge in [0.1, 0.15) is 0 Å². The highest BCUT2D eigenvalue weighted by atomic mass is 19.1. The fourth-order valence-electron chi connectivity index (χ4n) is 3.23. The van der Waals surface area contributed by atoms with E-state index in [1.54, 1.807) is 0 Å². The molecule has 29 heavy (non-hydrogen) atoms. The highest BCUT2D eigenvalue weighted by Crippen LogP contribution is 2.22. The maximum atomic E-state index is 13.7. The van der Waals surface area contributed by atoms with Crippen LogP contribution in [0.5, 0.6) is 5.75 Å². The molecule has 1 fully saturated rings. The van der Waals surface area contributed by atoms with Crippen molar-refractivity contribution >= 4 is 23.3 Å². The van der Waals surface area contributed by atoms with Gasteiger partial charge in [0.25, 0.3) is 5.91 Å². The largest absolute Gasteiger partial charge is 0.494 e. The first-order valence-electron chi connectivity index (χ1n) is 9.68. The molecular weight excluding hydrogens is 375 g/mol. The number of hydrogen-bond acceptors (Lipinski definition) is 5. The molecule has 1 N–H and O–H groups in total. The molecule has 3 rings (SSSR count). The third-order valence-electron chi connectivity index (χ3n) is 4.90. The van der Waals surface area contributed by atoms with Crippen molar-refractivity contribution < 1.29 is 23.5 Å². The molecule has 0 spiro atoms. The van der Waals surface area contributed by atoms with Gasteiger partial charge in [-0.25, -0.2) is 9.18 Å². The Morgan fingerprint density at radius 2 is 1.76 bits per heavy atom. The lowest BCUT2D eigenvalue weighted by atomic mass is 10.1. The number of rotatable bonds is 6. The van der Waals surface area contributed by atoms with Crippen molar-refractivity contribution in [1.82, 2.24) is 0 Å². The van der Waals surface area contributed by atoms with E-state index in [9.17, 15) is 14.0 Å². The average Bonchev–Trinajstić information content (AvgIpc) is 2.74. The number of amides is 1. The van der Waals surface area contributed by atoms with E-state index in [4.69, 9.17) is 9.47 Å². The minimum Gasteiger partial charge on any atom is -0.494 e. The van der Waals surface area contributed by atoms with E-state index in [-0.39, 0.29) is 11.3 Å². The number of carbonyl (C=O) groups excluding carboxylic acids is 2. The molecule has 154 valence electrons. The van der Waals surface area contributed by atoms with Crippen molar-refractivity contribution in [2.24, 2.45) is 0 Å². The lowest BCUT2D eigenvalue weighted by Crippen LogP contribution is -2.30. The monoisotopic (exact) mass is 400 g/mol. The molecular formula is C22H25FN2O4. The molecule has 0 saturated carbocycles. The number of hydrogen-bond donors (Lipinski definition) is 1. The van der Waals surface area contributed by atoms with Crippen molar-refractivity contribution in [3.63, 3.8) is 0 Å². The number of nitrogens with zero attached hydrogens (tertiary/aromatic N) is 1. The van der Waals surface area contributed by atoms with Gasteiger partial charge in [-0.2, -0.15) is 0 Å². The lowest BCUT2D eigenvalue weighted by molar-refractivity contribution is -0.123. The molecule has 0 bridgehead atoms. The van der Waals surface area contributed by atoms with Crippen LogP contribution < -0.4 is 15.0 Å². The highest BCUT2D eigenvalue weighted by Gasteiger charge is 2.20. The Labute approximate surface area is 169 Å². The van der Waals surface area contributed by atoms with Gasteiger partial charge in [-0.1, -0.05) is 0 Å². The zero-order valence-electron chi connectivity index (χ0n) is 16.6. The summed E-state index contributed by atoms with van der Waals surface area (Å²) in [7, 11) is 1.34. The van der Waals surface area contributed by atoms with Gasteiger partial charge in [-0.05, 0) is 68.7 Å². The Balaban J connectivity index is 1.55. The number of methoxy groups -OCH3 is 1. The summed E-state index contributed by atoms with van der Waals surface area (Å²) in [4.78, 5) is 26.8. The van der Waals surface area contributed by atoms with E-state index < -0.39 is 23.8 Å². The number of benzene rings is 2. The van der Waals surface area contributed by atoms with Gasteiger partial charge in [0.2, 0.25) is 0 Å². The molecule has 1 aliphatic heterocycles. The second-order valence-corrected chi connectivity index (χ2v) is 6.98. The number of ether oxygens (including phenoxy) is 2. The van der Waals surface area contributed by atoms with Crippen molar-refractivity contribution in [3.05, 3.63) is 53.8 Å². The fraction of sp³-hybridized carbons (Fsp3) is 0.364. The molecule has 0 unspecified atom stereocenters. The first-order chi connectivity index (χ1) is 14.0. The quantitative estimate of drug-likeness (QED) is 0.742. The molecule has 2 aromatic rings. The Morgan fingerprint density at radius 1 is 1.07 bits per heavy atom. The van der Waals surface area contributed by atoms with Gasteiger partial charge in [0.15, 0.2) is 17.7 Å². The molecule has 1 atom stereocenters. The summed E-state index contributed by atoms with van der Waals surface area (Å²) in [6, 6.07) is 11.3. The van der Waals surface area contributed by atoms with Crippen molar-refractivity contribution in [3.8, 4) is 5.75 Å². The molecule has 1 amide bonds. The zero-order chi connectivity index (χ0) is 20.8. The van der Waals surface area contributed by atoms with Crippen LogP contribution in [0.15, 0.2) is 42.5 Å². The fourth-order valence-corrected chi connectivity index (χ4v) is 3.23. The minimum atomic E-state index is -1.03. The SMILES string of the molecule is COc1ccc(C(=O)O[C@H](C)C(=O)Nc2ccc(N3CCCCC3)cc2)cc1F. The molecule has 0 radical (unpaired) electrons. The van der Waals surface area contributed by atoms with Crippen LogP contribution in [0.3, 0.4) is 0 Å². The Hall–Kier alpha value is -3.09. The number of esters is 1. The maximum absolute atomic E-state index is 13.7. The normalized spacial score (nSPS) is 14.8. The molecule has 1 saturated heterocycles. The number of halogens is 1. The predicted octanol–water partition coefficient (Wildman–Crippen LogP) is 4.01. The molecule has 6 nitrogen and oxygen atoms in total. The van der Waals surface area contributed by atoms with Crippen LogP contribution in [0.4, 0.5) is 15.8 Å². The molecule has 0 aliphatic carbocycles. The zero-order valence-corrected chi connectivity index (χ0v) is 16.6. The van der Waals surface area contributed by atoms with Crippen molar-refractivity contribution in [1.29, 1.82) is 0 Å². The van der Waals surface area contributed by atoms with E-state index in [1.807, 2.05) is 24.3 Å². The third kappa shape index (κ3) is 5.25. The van der Waals surface area contributed by atoms with E-state index >= 15 is 0 Å². The summed E-state index contributed by atoms with van der Waals surface area (Å²) in [6.07, 6.45) is 2.62. The maximum Gasteiger partial charge on any atom is 0.339 e. The van der Waals surface area contributed by atoms with Gasteiger partial charge in [0, 0.05) is 24.5 Å². The molecule has 2 aromatic carbocycles. The van der Waals surface area contributed by atoms with E-state index in [2.05, 4.69) is 10.2 Å². The van der Waals surface area contributed by atoms with Crippen molar-refractivity contribution in [2.45, 2.75) is 32.3 Å². The number of nitrogens with one attached hydrogen (secondary N) is 1. The van der Waals surface area contributed by atoms with Crippen LogP contribution in [0, 0.1) is 5.82 Å². The topological polar surface area (TPSA) is 67.9 Å². The van der Waals surface area contributed by atoms with E-state index in [1.165, 1.54) is 45.4 Å². The van der Waals surface area contributed by atoms with Gasteiger partial charge in [-0.15, -0.1) is 0 Å². The van der Waals surface area contributed by atoms with Crippen LogP contribution in [0.25, 0.3) is 0 Å². The summed E-state index contributed by atoms with van der Waals surface area (Å²) in [6.45, 7) is 3.56. The van der Waals surface area contributed by atoms with Gasteiger partial charge >= 0.3 is 5.97 Å². The Bertz CT molecular complexity index is 864. The van der Waals surface area contributed by atoms with Gasteiger partial charge in [0.05, 0.1) is 12.7 Å². The summed E-state index contributed by atoms with van der Waals surface area (Å²) in [5.41, 5.74) is 1.76. The number of piperidine rings is 1. The van der Waals surface area contributed by atoms with E-state index in [0.717, 1.165) is 24.8 Å². The van der Waals surface area contributed by atoms with Crippen LogP contribution in [-0.4, -0.2) is 38.2 Å². The molecule has 1 heterocycles. The van der Waals surface area contributed by atoms with Gasteiger partial charge in [-0.3, -0.25) is 4.79 Å². The van der Waals surface area contributed by atoms with E-state index in [0.29, 0.717) is 5.69 Å². The second-order valence-electron chi connectivity index (χ2n) is 6.98. The number of carbonyl (C=O) groups is 2. The molecule has 0 aromatic heterocycles. The summed E-state index contributed by atoms with van der Waals surface area (Å²) >= 11 is 0. The average molecular weight is 400 g/mol. The first-order valence-corrected chi connectivity index (χ1v) is 9.68. The highest BCUT2D eigenvalue weighted by molar-refractivity contribution is 5.97. The molecule has 1 aliphatic rings. The second kappa shape index (κ2) is 9.41. The summed E-state index contributed by atoms with van der Waals surface area (Å²) in [5, 5.41) is 2.73. The van der Waals surface area contributed by atoms with Crippen LogP contribution in [-0.2, 0) is 9.53 Å². The first kappa shape index (κ1) is 20.6. The standard InChI is InChI=1S/C22H25FN2O4/c1-15(29-22(27)16-6-11-20(28-2)19(23)14-16)21(26)24-17-7-9-18(10-8-17)25-12-4-3-5-13-25/h6-11,14-15H,3-5,12-13H2,1-2H3,(H,24,26)/t15-/m1/s1. The Morgan fingerprint density at radius 3 is 2.38 bits per heavy atom. The minimum absolute atomic E-state index is 0.00818. The van der Waals surface area contributed by atoms with Crippen LogP contribution in [0.1, 0.15) is 36.5 Å². The van der Waals surface area contributed by atoms with Gasteiger partial charge < -0.3 is 19.7 Å².